The van der Waals surface area contributed by atoms with Gasteiger partial charge in [-0.25, -0.2) is 4.79 Å². The first kappa shape index (κ1) is 26.0. The normalized spacial score (nSPS) is 24.7. The molecule has 0 unspecified atom stereocenters. The SMILES string of the molecule is CC[C@@H](C)[C@H]1NC2(CCN(C(=O)NC(C)(C)C)CC2)N(C2CCN(Cc3ccccc3)CC2)C1=O. The van der Waals surface area contributed by atoms with Gasteiger partial charge in [-0.3, -0.25) is 15.0 Å². The molecular formula is C28H45N5O2. The van der Waals surface area contributed by atoms with E-state index in [4.69, 9.17) is 0 Å². The fraction of sp³-hybridized carbons (Fsp3) is 0.714. The molecule has 1 aromatic carbocycles. The van der Waals surface area contributed by atoms with Gasteiger partial charge in [0, 0.05) is 57.1 Å². The van der Waals surface area contributed by atoms with E-state index in [-0.39, 0.29) is 35.2 Å². The number of amides is 3. The van der Waals surface area contributed by atoms with Gasteiger partial charge in [-0.2, -0.15) is 0 Å². The fourth-order valence-electron chi connectivity index (χ4n) is 5.97. The topological polar surface area (TPSA) is 67.9 Å². The van der Waals surface area contributed by atoms with Crippen LogP contribution in [0, 0.1) is 5.92 Å². The predicted octanol–water partition coefficient (Wildman–Crippen LogP) is 3.80. The highest BCUT2D eigenvalue weighted by molar-refractivity contribution is 5.86. The van der Waals surface area contributed by atoms with Gasteiger partial charge in [0.25, 0.3) is 0 Å². The number of piperidine rings is 2. The third-order valence-electron chi connectivity index (χ3n) is 8.13. The van der Waals surface area contributed by atoms with E-state index in [1.807, 2.05) is 25.7 Å². The van der Waals surface area contributed by atoms with Gasteiger partial charge in [-0.15, -0.1) is 0 Å². The standard InChI is InChI=1S/C28H45N5O2/c1-6-21(2)24-25(34)33(23-12-16-31(17-13-23)20-22-10-8-7-9-11-22)28(29-24)14-18-32(19-15-28)26(35)30-27(3,4)5/h7-11,21,23-24,29H,6,12-20H2,1-5H3,(H,30,35)/t21-,24-/m1/s1. The van der Waals surface area contributed by atoms with Gasteiger partial charge in [-0.1, -0.05) is 50.6 Å². The van der Waals surface area contributed by atoms with Crippen LogP contribution in [0.1, 0.15) is 72.3 Å². The van der Waals surface area contributed by atoms with Crippen molar-refractivity contribution in [1.82, 2.24) is 25.3 Å². The van der Waals surface area contributed by atoms with Gasteiger partial charge < -0.3 is 15.1 Å². The van der Waals surface area contributed by atoms with Gasteiger partial charge in [0.1, 0.15) is 0 Å². The highest BCUT2D eigenvalue weighted by atomic mass is 16.2. The summed E-state index contributed by atoms with van der Waals surface area (Å²) in [6.07, 6.45) is 4.55. The molecule has 3 aliphatic heterocycles. The highest BCUT2D eigenvalue weighted by Gasteiger charge is 2.55. The summed E-state index contributed by atoms with van der Waals surface area (Å²) in [7, 11) is 0. The predicted molar refractivity (Wildman–Crippen MR) is 140 cm³/mol. The Balaban J connectivity index is 1.44. The van der Waals surface area contributed by atoms with Gasteiger partial charge in [0.05, 0.1) is 11.7 Å². The molecule has 0 aromatic heterocycles. The molecule has 3 fully saturated rings. The van der Waals surface area contributed by atoms with Crippen LogP contribution in [0.4, 0.5) is 4.79 Å². The van der Waals surface area contributed by atoms with E-state index >= 15 is 0 Å². The van der Waals surface area contributed by atoms with E-state index in [1.54, 1.807) is 0 Å². The van der Waals surface area contributed by atoms with E-state index in [2.05, 4.69) is 64.6 Å². The molecule has 1 spiro atoms. The summed E-state index contributed by atoms with van der Waals surface area (Å²) in [4.78, 5) is 33.3. The van der Waals surface area contributed by atoms with E-state index in [0.717, 1.165) is 51.7 Å². The lowest BCUT2D eigenvalue weighted by molar-refractivity contribution is -0.138. The van der Waals surface area contributed by atoms with Crippen molar-refractivity contribution in [2.45, 2.75) is 96.6 Å². The second-order valence-corrected chi connectivity index (χ2v) is 11.9. The lowest BCUT2D eigenvalue weighted by Gasteiger charge is -2.49. The molecule has 2 atom stereocenters. The Morgan fingerprint density at radius 1 is 1.11 bits per heavy atom. The third-order valence-corrected chi connectivity index (χ3v) is 8.13. The van der Waals surface area contributed by atoms with Crippen LogP contribution in [-0.4, -0.2) is 76.1 Å². The van der Waals surface area contributed by atoms with Gasteiger partial charge in [-0.05, 0) is 45.1 Å². The van der Waals surface area contributed by atoms with Crippen molar-refractivity contribution in [2.75, 3.05) is 26.2 Å². The van der Waals surface area contributed by atoms with Crippen molar-refractivity contribution in [1.29, 1.82) is 0 Å². The summed E-state index contributed by atoms with van der Waals surface area (Å²) in [5, 5.41) is 6.91. The van der Waals surface area contributed by atoms with Crippen molar-refractivity contribution in [3.8, 4) is 0 Å². The number of carbonyl (C=O) groups excluding carboxylic acids is 2. The maximum absolute atomic E-state index is 13.8. The Labute approximate surface area is 211 Å². The Kier molecular flexibility index (Phi) is 7.77. The van der Waals surface area contributed by atoms with E-state index in [0.29, 0.717) is 19.0 Å². The van der Waals surface area contributed by atoms with Crippen LogP contribution < -0.4 is 10.6 Å². The van der Waals surface area contributed by atoms with Crippen LogP contribution in [0.3, 0.4) is 0 Å². The number of rotatable bonds is 5. The number of hydrogen-bond donors (Lipinski definition) is 2. The number of nitrogens with zero attached hydrogens (tertiary/aromatic N) is 3. The maximum atomic E-state index is 13.8. The molecule has 0 saturated carbocycles. The van der Waals surface area contributed by atoms with Crippen LogP contribution in [0.2, 0.25) is 0 Å². The Bertz CT molecular complexity index is 867. The fourth-order valence-corrected chi connectivity index (χ4v) is 5.97. The molecule has 0 aliphatic carbocycles. The highest BCUT2D eigenvalue weighted by Crippen LogP contribution is 2.38. The molecule has 0 bridgehead atoms. The first-order valence-corrected chi connectivity index (χ1v) is 13.6. The lowest BCUT2D eigenvalue weighted by atomic mass is 9.92. The zero-order valence-electron chi connectivity index (χ0n) is 22.3. The minimum atomic E-state index is -0.337. The molecule has 3 saturated heterocycles. The number of carbonyl (C=O) groups is 2. The summed E-state index contributed by atoms with van der Waals surface area (Å²) in [5.41, 5.74) is 0.754. The minimum Gasteiger partial charge on any atom is -0.333 e. The Morgan fingerprint density at radius 3 is 2.31 bits per heavy atom. The zero-order chi connectivity index (χ0) is 25.2. The third kappa shape index (κ3) is 5.83. The molecule has 3 amide bonds. The van der Waals surface area contributed by atoms with Crippen LogP contribution in [0.5, 0.6) is 0 Å². The molecule has 4 rings (SSSR count). The molecular weight excluding hydrogens is 438 g/mol. The molecule has 2 N–H and O–H groups in total. The maximum Gasteiger partial charge on any atom is 0.317 e. The molecule has 3 heterocycles. The number of benzene rings is 1. The Hall–Kier alpha value is -2.12. The van der Waals surface area contributed by atoms with Gasteiger partial charge >= 0.3 is 6.03 Å². The summed E-state index contributed by atoms with van der Waals surface area (Å²) in [6.45, 7) is 14.7. The van der Waals surface area contributed by atoms with Crippen LogP contribution in [0.15, 0.2) is 30.3 Å². The van der Waals surface area contributed by atoms with E-state index in [9.17, 15) is 9.59 Å². The first-order valence-electron chi connectivity index (χ1n) is 13.6. The van der Waals surface area contributed by atoms with Crippen LogP contribution >= 0.6 is 0 Å². The monoisotopic (exact) mass is 483 g/mol. The summed E-state index contributed by atoms with van der Waals surface area (Å²) in [5.74, 6) is 0.568. The zero-order valence-corrected chi connectivity index (χ0v) is 22.3. The number of nitrogens with one attached hydrogen (secondary N) is 2. The summed E-state index contributed by atoms with van der Waals surface area (Å²) in [6, 6.07) is 10.8. The quantitative estimate of drug-likeness (QED) is 0.669. The van der Waals surface area contributed by atoms with Crippen LogP contribution in [0.25, 0.3) is 0 Å². The van der Waals surface area contributed by atoms with Crippen molar-refractivity contribution in [3.05, 3.63) is 35.9 Å². The molecule has 7 heteroatoms. The molecule has 194 valence electrons. The average Bonchev–Trinajstić information content (AvgIpc) is 3.10. The second-order valence-electron chi connectivity index (χ2n) is 11.9. The van der Waals surface area contributed by atoms with E-state index in [1.165, 1.54) is 5.56 Å². The van der Waals surface area contributed by atoms with Gasteiger partial charge in [0.2, 0.25) is 5.91 Å². The molecule has 1 aromatic rings. The van der Waals surface area contributed by atoms with Crippen LogP contribution in [-0.2, 0) is 11.3 Å². The van der Waals surface area contributed by atoms with Crippen molar-refractivity contribution in [2.24, 2.45) is 5.92 Å². The van der Waals surface area contributed by atoms with Gasteiger partial charge in [0.15, 0.2) is 0 Å². The number of hydrogen-bond acceptors (Lipinski definition) is 4. The lowest BCUT2D eigenvalue weighted by Crippen LogP contribution is -2.64. The minimum absolute atomic E-state index is 0.00378. The smallest absolute Gasteiger partial charge is 0.317 e. The Morgan fingerprint density at radius 2 is 1.74 bits per heavy atom. The summed E-state index contributed by atoms with van der Waals surface area (Å²) < 4.78 is 0. The second kappa shape index (κ2) is 10.5. The molecule has 7 nitrogen and oxygen atoms in total. The number of likely N-dealkylation sites (tertiary alicyclic amines) is 2. The summed E-state index contributed by atoms with van der Waals surface area (Å²) >= 11 is 0. The van der Waals surface area contributed by atoms with Crippen molar-refractivity contribution >= 4 is 11.9 Å². The largest absolute Gasteiger partial charge is 0.333 e. The first-order chi connectivity index (χ1) is 16.6. The van der Waals surface area contributed by atoms with Crippen molar-refractivity contribution < 1.29 is 9.59 Å². The number of urea groups is 1. The van der Waals surface area contributed by atoms with E-state index < -0.39 is 0 Å². The van der Waals surface area contributed by atoms with Crippen molar-refractivity contribution in [3.63, 3.8) is 0 Å². The average molecular weight is 484 g/mol. The molecule has 0 radical (unpaired) electrons. The molecule has 35 heavy (non-hydrogen) atoms. The molecule has 3 aliphatic rings.